The van der Waals surface area contributed by atoms with E-state index in [-0.39, 0.29) is 17.9 Å². The number of nitrogens with one attached hydrogen (secondary N) is 1. The van der Waals surface area contributed by atoms with Crippen molar-refractivity contribution >= 4 is 27.7 Å². The zero-order valence-electron chi connectivity index (χ0n) is 16.8. The zero-order chi connectivity index (χ0) is 20.5. The van der Waals surface area contributed by atoms with E-state index in [1.165, 1.54) is 0 Å². The predicted octanol–water partition coefficient (Wildman–Crippen LogP) is 4.71. The Morgan fingerprint density at radius 1 is 1.00 bits per heavy atom. The van der Waals surface area contributed by atoms with Gasteiger partial charge < -0.3 is 10.2 Å². The molecule has 0 heterocycles. The Morgan fingerprint density at radius 2 is 1.64 bits per heavy atom. The molecule has 0 unspecified atom stereocenters. The van der Waals surface area contributed by atoms with Crippen LogP contribution in [0.25, 0.3) is 0 Å². The second-order valence-electron chi connectivity index (χ2n) is 7.03. The van der Waals surface area contributed by atoms with Gasteiger partial charge in [-0.05, 0) is 36.6 Å². The second-order valence-corrected chi connectivity index (χ2v) is 7.94. The van der Waals surface area contributed by atoms with Gasteiger partial charge in [0.2, 0.25) is 11.8 Å². The highest BCUT2D eigenvalue weighted by Crippen LogP contribution is 2.18. The maximum absolute atomic E-state index is 13.1. The molecule has 4 nitrogen and oxygen atoms in total. The molecule has 2 rings (SSSR count). The highest BCUT2D eigenvalue weighted by Gasteiger charge is 2.30. The average Bonchev–Trinajstić information content (AvgIpc) is 2.71. The standard InChI is InChI=1S/C23H29BrN2O2/c1-4-17(3)25-23(28)21(15-18-9-7-6-8-10-18)26(22(27)5-2)16-19-11-13-20(24)14-12-19/h6-14,17,21H,4-5,15-16H2,1-3H3,(H,25,28)/t17-,21-/m0/s1. The summed E-state index contributed by atoms with van der Waals surface area (Å²) in [5.41, 5.74) is 2.04. The molecule has 0 bridgehead atoms. The van der Waals surface area contributed by atoms with E-state index in [1.54, 1.807) is 4.90 Å². The van der Waals surface area contributed by atoms with Crippen LogP contribution < -0.4 is 5.32 Å². The zero-order valence-corrected chi connectivity index (χ0v) is 18.4. The Morgan fingerprint density at radius 3 is 2.21 bits per heavy atom. The lowest BCUT2D eigenvalue weighted by atomic mass is 10.0. The lowest BCUT2D eigenvalue weighted by Crippen LogP contribution is -2.52. The van der Waals surface area contributed by atoms with Crippen molar-refractivity contribution in [2.75, 3.05) is 0 Å². The van der Waals surface area contributed by atoms with E-state index in [1.807, 2.05) is 75.4 Å². The fourth-order valence-electron chi connectivity index (χ4n) is 2.98. The van der Waals surface area contributed by atoms with Crippen LogP contribution in [0.1, 0.15) is 44.7 Å². The summed E-state index contributed by atoms with van der Waals surface area (Å²) >= 11 is 3.44. The molecule has 0 saturated heterocycles. The number of rotatable bonds is 9. The number of carbonyl (C=O) groups is 2. The molecule has 5 heteroatoms. The number of hydrogen-bond donors (Lipinski definition) is 1. The molecule has 0 aliphatic carbocycles. The van der Waals surface area contributed by atoms with Gasteiger partial charge in [0.15, 0.2) is 0 Å². The molecule has 0 aromatic heterocycles. The summed E-state index contributed by atoms with van der Waals surface area (Å²) in [4.78, 5) is 27.6. The highest BCUT2D eigenvalue weighted by molar-refractivity contribution is 9.10. The Balaban J connectivity index is 2.33. The van der Waals surface area contributed by atoms with Crippen molar-refractivity contribution in [3.05, 3.63) is 70.2 Å². The Labute approximate surface area is 176 Å². The van der Waals surface area contributed by atoms with Crippen LogP contribution in [-0.2, 0) is 22.6 Å². The van der Waals surface area contributed by atoms with Crippen molar-refractivity contribution in [2.45, 2.75) is 58.7 Å². The van der Waals surface area contributed by atoms with Crippen LogP contribution >= 0.6 is 15.9 Å². The maximum Gasteiger partial charge on any atom is 0.243 e. The molecule has 0 spiro atoms. The van der Waals surface area contributed by atoms with Gasteiger partial charge in [0.25, 0.3) is 0 Å². The molecule has 1 N–H and O–H groups in total. The Bertz CT molecular complexity index is 762. The van der Waals surface area contributed by atoms with Crippen molar-refractivity contribution in [3.63, 3.8) is 0 Å². The highest BCUT2D eigenvalue weighted by atomic mass is 79.9. The number of amides is 2. The third-order valence-electron chi connectivity index (χ3n) is 4.84. The molecule has 2 atom stereocenters. The molecule has 0 radical (unpaired) electrons. The monoisotopic (exact) mass is 444 g/mol. The van der Waals surface area contributed by atoms with Gasteiger partial charge in [-0.2, -0.15) is 0 Å². The number of hydrogen-bond acceptors (Lipinski definition) is 2. The van der Waals surface area contributed by atoms with Crippen LogP contribution in [-0.4, -0.2) is 28.8 Å². The van der Waals surface area contributed by atoms with Crippen molar-refractivity contribution in [2.24, 2.45) is 0 Å². The van der Waals surface area contributed by atoms with E-state index < -0.39 is 6.04 Å². The van der Waals surface area contributed by atoms with Crippen molar-refractivity contribution < 1.29 is 9.59 Å². The Hall–Kier alpha value is -2.14. The first-order valence-electron chi connectivity index (χ1n) is 9.82. The third kappa shape index (κ3) is 6.48. The van der Waals surface area contributed by atoms with Crippen molar-refractivity contribution in [3.8, 4) is 0 Å². The molecule has 2 amide bonds. The van der Waals surface area contributed by atoms with Gasteiger partial charge in [-0.25, -0.2) is 0 Å². The summed E-state index contributed by atoms with van der Waals surface area (Å²) in [6.45, 7) is 6.26. The third-order valence-corrected chi connectivity index (χ3v) is 5.37. The molecule has 2 aromatic carbocycles. The number of nitrogens with zero attached hydrogens (tertiary/aromatic N) is 1. The molecule has 2 aromatic rings. The second kappa shape index (κ2) is 11.0. The van der Waals surface area contributed by atoms with Gasteiger partial charge in [0, 0.05) is 29.9 Å². The van der Waals surface area contributed by atoms with Crippen LogP contribution in [0.3, 0.4) is 0 Å². The summed E-state index contributed by atoms with van der Waals surface area (Å²) < 4.78 is 0.986. The summed E-state index contributed by atoms with van der Waals surface area (Å²) in [6, 6.07) is 17.2. The van der Waals surface area contributed by atoms with Gasteiger partial charge in [-0.15, -0.1) is 0 Å². The quantitative estimate of drug-likeness (QED) is 0.608. The summed E-state index contributed by atoms with van der Waals surface area (Å²) in [6.07, 6.45) is 1.70. The number of benzene rings is 2. The van der Waals surface area contributed by atoms with Crippen LogP contribution in [0.2, 0.25) is 0 Å². The smallest absolute Gasteiger partial charge is 0.243 e. The van der Waals surface area contributed by atoms with E-state index in [4.69, 9.17) is 0 Å². The van der Waals surface area contributed by atoms with E-state index in [0.29, 0.717) is 19.4 Å². The van der Waals surface area contributed by atoms with Gasteiger partial charge >= 0.3 is 0 Å². The fourth-order valence-corrected chi connectivity index (χ4v) is 3.25. The molecular formula is C23H29BrN2O2. The van der Waals surface area contributed by atoms with Crippen molar-refractivity contribution in [1.82, 2.24) is 10.2 Å². The Kier molecular flexibility index (Phi) is 8.71. The first-order chi connectivity index (χ1) is 13.4. The van der Waals surface area contributed by atoms with Gasteiger partial charge in [0.1, 0.15) is 6.04 Å². The van der Waals surface area contributed by atoms with Crippen molar-refractivity contribution in [1.29, 1.82) is 0 Å². The molecule has 150 valence electrons. The predicted molar refractivity (Wildman–Crippen MR) is 117 cm³/mol. The maximum atomic E-state index is 13.1. The summed E-state index contributed by atoms with van der Waals surface area (Å²) in [5, 5.41) is 3.06. The first kappa shape index (κ1) is 22.2. The average molecular weight is 445 g/mol. The minimum absolute atomic E-state index is 0.0249. The summed E-state index contributed by atoms with van der Waals surface area (Å²) in [5.74, 6) is -0.125. The molecule has 0 aliphatic rings. The lowest BCUT2D eigenvalue weighted by Gasteiger charge is -2.32. The molecule has 0 fully saturated rings. The normalized spacial score (nSPS) is 12.9. The number of halogens is 1. The minimum atomic E-state index is -0.549. The van der Waals surface area contributed by atoms with Gasteiger partial charge in [-0.1, -0.05) is 72.2 Å². The van der Waals surface area contributed by atoms with E-state index in [2.05, 4.69) is 21.2 Å². The van der Waals surface area contributed by atoms with Gasteiger partial charge in [-0.3, -0.25) is 9.59 Å². The van der Waals surface area contributed by atoms with Crippen LogP contribution in [0.4, 0.5) is 0 Å². The first-order valence-corrected chi connectivity index (χ1v) is 10.6. The van der Waals surface area contributed by atoms with E-state index >= 15 is 0 Å². The fraction of sp³-hybridized carbons (Fsp3) is 0.391. The SMILES string of the molecule is CCC(=O)N(Cc1ccc(Br)cc1)[C@@H](Cc1ccccc1)C(=O)N[C@@H](C)CC. The number of carbonyl (C=O) groups excluding carboxylic acids is 2. The molecule has 0 saturated carbocycles. The van der Waals surface area contributed by atoms with Crippen LogP contribution in [0, 0.1) is 0 Å². The minimum Gasteiger partial charge on any atom is -0.352 e. The van der Waals surface area contributed by atoms with E-state index in [0.717, 1.165) is 22.0 Å². The topological polar surface area (TPSA) is 49.4 Å². The van der Waals surface area contributed by atoms with Crippen LogP contribution in [0.15, 0.2) is 59.1 Å². The largest absolute Gasteiger partial charge is 0.352 e. The van der Waals surface area contributed by atoms with Gasteiger partial charge in [0.05, 0.1) is 0 Å². The molecule has 0 aliphatic heterocycles. The van der Waals surface area contributed by atoms with Crippen LogP contribution in [0.5, 0.6) is 0 Å². The lowest BCUT2D eigenvalue weighted by molar-refractivity contribution is -0.141. The molecular weight excluding hydrogens is 416 g/mol. The molecule has 28 heavy (non-hydrogen) atoms. The summed E-state index contributed by atoms with van der Waals surface area (Å²) in [7, 11) is 0. The van der Waals surface area contributed by atoms with E-state index in [9.17, 15) is 9.59 Å².